The maximum absolute atomic E-state index is 4.15. The highest BCUT2D eigenvalue weighted by Gasteiger charge is 2.11. The predicted molar refractivity (Wildman–Crippen MR) is 40.0 cm³/mol. The van der Waals surface area contributed by atoms with Crippen LogP contribution in [0.4, 0.5) is 5.69 Å². The maximum Gasteiger partial charge on any atom is 0.0759 e. The minimum absolute atomic E-state index is 1.10. The van der Waals surface area contributed by atoms with Gasteiger partial charge < -0.3 is 5.32 Å². The van der Waals surface area contributed by atoms with E-state index in [0.29, 0.717) is 0 Å². The van der Waals surface area contributed by atoms with Crippen LogP contribution in [0, 0.1) is 0 Å². The highest BCUT2D eigenvalue weighted by atomic mass is 15.3. The molecule has 0 atom stereocenters. The van der Waals surface area contributed by atoms with Gasteiger partial charge in [-0.1, -0.05) is 0 Å². The molecule has 0 spiro atoms. The normalized spacial score (nSPS) is 16.1. The predicted octanol–water partition coefficient (Wildman–Crippen LogP) is 0.778. The summed E-state index contributed by atoms with van der Waals surface area (Å²) >= 11 is 0. The molecule has 3 heteroatoms. The summed E-state index contributed by atoms with van der Waals surface area (Å²) < 4.78 is 1.95. The second kappa shape index (κ2) is 2.01. The molecule has 0 amide bonds. The Balaban J connectivity index is 2.45. The minimum Gasteiger partial charge on any atom is -0.382 e. The zero-order chi connectivity index (χ0) is 6.97. The second-order valence-electron chi connectivity index (χ2n) is 2.66. The average molecular weight is 137 g/mol. The summed E-state index contributed by atoms with van der Waals surface area (Å²) in [6.07, 6.45) is 4.29. The van der Waals surface area contributed by atoms with Crippen LogP contribution in [0.15, 0.2) is 6.20 Å². The third kappa shape index (κ3) is 0.701. The van der Waals surface area contributed by atoms with Gasteiger partial charge in [0.05, 0.1) is 17.6 Å². The van der Waals surface area contributed by atoms with Crippen LogP contribution in [0.3, 0.4) is 0 Å². The van der Waals surface area contributed by atoms with Crippen LogP contribution in [0.5, 0.6) is 0 Å². The van der Waals surface area contributed by atoms with Crippen LogP contribution in [0.25, 0.3) is 0 Å². The number of nitrogens with one attached hydrogen (secondary N) is 1. The Morgan fingerprint density at radius 2 is 2.60 bits per heavy atom. The third-order valence-electron chi connectivity index (χ3n) is 1.97. The summed E-state index contributed by atoms with van der Waals surface area (Å²) in [4.78, 5) is 0. The molecular formula is C7H11N3. The summed E-state index contributed by atoms with van der Waals surface area (Å²) in [6, 6.07) is 0. The van der Waals surface area contributed by atoms with E-state index in [1.54, 1.807) is 0 Å². The second-order valence-corrected chi connectivity index (χ2v) is 2.66. The van der Waals surface area contributed by atoms with Crippen molar-refractivity contribution >= 4 is 5.69 Å². The van der Waals surface area contributed by atoms with Crippen LogP contribution >= 0.6 is 0 Å². The molecule has 1 aliphatic heterocycles. The van der Waals surface area contributed by atoms with Gasteiger partial charge in [0.2, 0.25) is 0 Å². The Morgan fingerprint density at radius 1 is 1.70 bits per heavy atom. The van der Waals surface area contributed by atoms with E-state index in [-0.39, 0.29) is 0 Å². The minimum atomic E-state index is 1.10. The van der Waals surface area contributed by atoms with Gasteiger partial charge in [0.1, 0.15) is 0 Å². The number of fused-ring (bicyclic) bond motifs is 1. The molecule has 2 rings (SSSR count). The number of hydrogen-bond donors (Lipinski definition) is 1. The van der Waals surface area contributed by atoms with Gasteiger partial charge in [-0.2, -0.15) is 5.10 Å². The number of anilines is 1. The van der Waals surface area contributed by atoms with Crippen molar-refractivity contribution in [3.05, 3.63) is 11.9 Å². The summed E-state index contributed by atoms with van der Waals surface area (Å²) in [5, 5.41) is 7.45. The number of rotatable bonds is 0. The highest BCUT2D eigenvalue weighted by molar-refractivity contribution is 5.48. The molecule has 3 nitrogen and oxygen atoms in total. The molecule has 1 aliphatic rings. The fourth-order valence-electron chi connectivity index (χ4n) is 1.39. The van der Waals surface area contributed by atoms with Crippen molar-refractivity contribution in [1.82, 2.24) is 9.78 Å². The molecule has 0 fully saturated rings. The zero-order valence-electron chi connectivity index (χ0n) is 6.09. The molecule has 1 aromatic heterocycles. The van der Waals surface area contributed by atoms with Crippen molar-refractivity contribution in [1.29, 1.82) is 0 Å². The topological polar surface area (TPSA) is 29.9 Å². The number of aryl methyl sites for hydroxylation is 1. The van der Waals surface area contributed by atoms with Crippen LogP contribution in [0.2, 0.25) is 0 Å². The van der Waals surface area contributed by atoms with Gasteiger partial charge in [-0.3, -0.25) is 4.68 Å². The summed E-state index contributed by atoms with van der Waals surface area (Å²) in [6.45, 7) is 1.10. The lowest BCUT2D eigenvalue weighted by molar-refractivity contribution is 0.682. The standard InChI is InChI=1S/C7H11N3/c1-10-7-3-2-4-8-6(7)5-9-10/h5,8H,2-4H2,1H3. The molecule has 0 saturated heterocycles. The molecule has 0 radical (unpaired) electrons. The summed E-state index contributed by atoms with van der Waals surface area (Å²) in [7, 11) is 1.99. The summed E-state index contributed by atoms with van der Waals surface area (Å²) in [5.41, 5.74) is 2.56. The highest BCUT2D eigenvalue weighted by Crippen LogP contribution is 2.19. The molecule has 10 heavy (non-hydrogen) atoms. The van der Waals surface area contributed by atoms with Crippen LogP contribution in [-0.2, 0) is 13.5 Å². The van der Waals surface area contributed by atoms with Gasteiger partial charge in [-0.05, 0) is 12.8 Å². The Labute approximate surface area is 60.0 Å². The van der Waals surface area contributed by atoms with E-state index in [4.69, 9.17) is 0 Å². The molecular weight excluding hydrogens is 126 g/mol. The molecule has 0 unspecified atom stereocenters. The lowest BCUT2D eigenvalue weighted by Gasteiger charge is -2.13. The molecule has 1 aromatic rings. The Bertz CT molecular complexity index is 239. The molecule has 0 aromatic carbocycles. The van der Waals surface area contributed by atoms with Crippen molar-refractivity contribution in [2.24, 2.45) is 7.05 Å². The maximum atomic E-state index is 4.15. The lowest BCUT2D eigenvalue weighted by atomic mass is 10.1. The van der Waals surface area contributed by atoms with Crippen LogP contribution in [0.1, 0.15) is 12.1 Å². The van der Waals surface area contributed by atoms with Gasteiger partial charge in [0.15, 0.2) is 0 Å². The fraction of sp³-hybridized carbons (Fsp3) is 0.571. The first-order chi connectivity index (χ1) is 4.88. The van der Waals surface area contributed by atoms with E-state index in [1.807, 2.05) is 17.9 Å². The smallest absolute Gasteiger partial charge is 0.0759 e. The Kier molecular flexibility index (Phi) is 1.16. The van der Waals surface area contributed by atoms with E-state index in [2.05, 4.69) is 10.4 Å². The van der Waals surface area contributed by atoms with Gasteiger partial charge in [-0.15, -0.1) is 0 Å². The largest absolute Gasteiger partial charge is 0.382 e. The Hall–Kier alpha value is -0.990. The molecule has 0 saturated carbocycles. The fourth-order valence-corrected chi connectivity index (χ4v) is 1.39. The molecule has 0 bridgehead atoms. The average Bonchev–Trinajstić information content (AvgIpc) is 2.34. The molecule has 0 aliphatic carbocycles. The summed E-state index contributed by atoms with van der Waals surface area (Å²) in [5.74, 6) is 0. The van der Waals surface area contributed by atoms with Gasteiger partial charge in [0.25, 0.3) is 0 Å². The monoisotopic (exact) mass is 137 g/mol. The first kappa shape index (κ1) is 5.77. The molecule has 2 heterocycles. The number of hydrogen-bond acceptors (Lipinski definition) is 2. The van der Waals surface area contributed by atoms with Gasteiger partial charge in [-0.25, -0.2) is 0 Å². The van der Waals surface area contributed by atoms with Crippen molar-refractivity contribution in [3.63, 3.8) is 0 Å². The first-order valence-electron chi connectivity index (χ1n) is 3.62. The van der Waals surface area contributed by atoms with E-state index in [0.717, 1.165) is 6.54 Å². The van der Waals surface area contributed by atoms with Gasteiger partial charge in [0, 0.05) is 13.6 Å². The molecule has 1 N–H and O–H groups in total. The van der Waals surface area contributed by atoms with Crippen molar-refractivity contribution in [2.45, 2.75) is 12.8 Å². The van der Waals surface area contributed by atoms with Crippen molar-refractivity contribution < 1.29 is 0 Å². The van der Waals surface area contributed by atoms with E-state index < -0.39 is 0 Å². The van der Waals surface area contributed by atoms with Crippen molar-refractivity contribution in [3.8, 4) is 0 Å². The first-order valence-corrected chi connectivity index (χ1v) is 3.62. The lowest BCUT2D eigenvalue weighted by Crippen LogP contribution is -2.12. The van der Waals surface area contributed by atoms with Gasteiger partial charge >= 0.3 is 0 Å². The van der Waals surface area contributed by atoms with Crippen molar-refractivity contribution in [2.75, 3.05) is 11.9 Å². The van der Waals surface area contributed by atoms with Crippen LogP contribution in [-0.4, -0.2) is 16.3 Å². The van der Waals surface area contributed by atoms with E-state index >= 15 is 0 Å². The number of nitrogens with zero attached hydrogens (tertiary/aromatic N) is 2. The number of aromatic nitrogens is 2. The van der Waals surface area contributed by atoms with Crippen LogP contribution < -0.4 is 5.32 Å². The molecule has 54 valence electrons. The Morgan fingerprint density at radius 3 is 3.40 bits per heavy atom. The third-order valence-corrected chi connectivity index (χ3v) is 1.97. The SMILES string of the molecule is Cn1ncc2c1CCCN2. The quantitative estimate of drug-likeness (QED) is 0.572. The zero-order valence-corrected chi connectivity index (χ0v) is 6.09. The van der Waals surface area contributed by atoms with E-state index in [1.165, 1.54) is 24.2 Å². The van der Waals surface area contributed by atoms with E-state index in [9.17, 15) is 0 Å².